The molecule has 0 radical (unpaired) electrons. The van der Waals surface area contributed by atoms with Crippen molar-refractivity contribution in [1.29, 1.82) is 0 Å². The Bertz CT molecular complexity index is 288. The van der Waals surface area contributed by atoms with E-state index in [1.807, 2.05) is 0 Å². The van der Waals surface area contributed by atoms with Crippen molar-refractivity contribution in [1.82, 2.24) is 4.90 Å². The van der Waals surface area contributed by atoms with E-state index in [-0.39, 0.29) is 24.5 Å². The highest BCUT2D eigenvalue weighted by molar-refractivity contribution is 5.85. The number of piperidine rings is 1. The zero-order valence-electron chi connectivity index (χ0n) is 10.8. The first-order valence-corrected chi connectivity index (χ1v) is 6.01. The van der Waals surface area contributed by atoms with E-state index in [1.54, 1.807) is 11.8 Å². The van der Waals surface area contributed by atoms with Gasteiger partial charge < -0.3 is 15.4 Å². The lowest BCUT2D eigenvalue weighted by atomic mass is 9.97. The van der Waals surface area contributed by atoms with Crippen molar-refractivity contribution in [2.45, 2.75) is 44.4 Å². The first-order chi connectivity index (χ1) is 8.31. The molecule has 0 aromatic heterocycles. The fourth-order valence-corrected chi connectivity index (χ4v) is 2.15. The van der Waals surface area contributed by atoms with Gasteiger partial charge in [-0.25, -0.2) is 0 Å². The topological polar surface area (TPSA) is 55.6 Å². The molecule has 1 aliphatic rings. The predicted molar refractivity (Wildman–Crippen MR) is 67.1 cm³/mol. The van der Waals surface area contributed by atoms with Crippen LogP contribution in [-0.4, -0.2) is 48.8 Å². The number of likely N-dealkylation sites (tertiary alicyclic amines) is 1. The minimum Gasteiger partial charge on any atom is -0.362 e. The van der Waals surface area contributed by atoms with Gasteiger partial charge in [-0.1, -0.05) is 0 Å². The molecule has 0 aromatic carbocycles. The normalized spacial score (nSPS) is 21.7. The van der Waals surface area contributed by atoms with Gasteiger partial charge in [0.05, 0.1) is 0 Å². The van der Waals surface area contributed by atoms with Crippen LogP contribution in [0.3, 0.4) is 0 Å². The molecule has 114 valence electrons. The van der Waals surface area contributed by atoms with E-state index in [2.05, 4.69) is 4.74 Å². The molecule has 0 saturated carbocycles. The summed E-state index contributed by atoms with van der Waals surface area (Å²) in [5.74, 6) is -0.416. The summed E-state index contributed by atoms with van der Waals surface area (Å²) in [5, 5.41) is 0. The number of nitrogens with two attached hydrogens (primary N) is 1. The van der Waals surface area contributed by atoms with E-state index in [1.165, 1.54) is 0 Å². The summed E-state index contributed by atoms with van der Waals surface area (Å²) in [6.07, 6.45) is -1.76. The summed E-state index contributed by atoms with van der Waals surface area (Å²) in [6, 6.07) is -0.280. The van der Waals surface area contributed by atoms with Gasteiger partial charge in [0.25, 0.3) is 0 Å². The van der Waals surface area contributed by atoms with Gasteiger partial charge in [-0.05, 0) is 26.2 Å². The third-order valence-electron chi connectivity index (χ3n) is 2.97. The van der Waals surface area contributed by atoms with Crippen LogP contribution in [0.25, 0.3) is 0 Å². The molecule has 2 N–H and O–H groups in total. The van der Waals surface area contributed by atoms with E-state index in [0.717, 1.165) is 19.3 Å². The molecule has 1 rings (SSSR count). The number of carbonyl (C=O) groups excluding carboxylic acids is 1. The lowest BCUT2D eigenvalue weighted by Crippen LogP contribution is -2.52. The Morgan fingerprint density at radius 2 is 2.11 bits per heavy atom. The van der Waals surface area contributed by atoms with Crippen LogP contribution in [0.5, 0.6) is 0 Å². The highest BCUT2D eigenvalue weighted by atomic mass is 35.5. The average molecular weight is 305 g/mol. The monoisotopic (exact) mass is 304 g/mol. The number of hydrogen-bond donors (Lipinski definition) is 1. The maximum atomic E-state index is 11.9. The van der Waals surface area contributed by atoms with Gasteiger partial charge in [0.2, 0.25) is 5.91 Å². The van der Waals surface area contributed by atoms with Crippen molar-refractivity contribution in [3.8, 4) is 0 Å². The summed E-state index contributed by atoms with van der Waals surface area (Å²) >= 11 is 0. The van der Waals surface area contributed by atoms with Crippen molar-refractivity contribution in [3.05, 3.63) is 0 Å². The number of amides is 1. The second kappa shape index (κ2) is 7.91. The molecule has 2 unspecified atom stereocenters. The number of carbonyl (C=O) groups is 1. The number of halogens is 4. The fourth-order valence-electron chi connectivity index (χ4n) is 2.15. The van der Waals surface area contributed by atoms with E-state index >= 15 is 0 Å². The van der Waals surface area contributed by atoms with Crippen LogP contribution in [0.4, 0.5) is 13.2 Å². The minimum atomic E-state index is -4.40. The summed E-state index contributed by atoms with van der Waals surface area (Å²) in [6.45, 7) is 0.408. The maximum Gasteiger partial charge on any atom is 0.411 e. The molecule has 8 heteroatoms. The van der Waals surface area contributed by atoms with Crippen molar-refractivity contribution >= 4 is 18.3 Å². The second-order valence-corrected chi connectivity index (χ2v) is 4.62. The zero-order chi connectivity index (χ0) is 13.8. The van der Waals surface area contributed by atoms with E-state index < -0.39 is 25.3 Å². The molecule has 1 fully saturated rings. The third kappa shape index (κ3) is 6.44. The Balaban J connectivity index is 0.00000324. The predicted octanol–water partition coefficient (Wildman–Crippen LogP) is 1.72. The second-order valence-electron chi connectivity index (χ2n) is 4.62. The van der Waals surface area contributed by atoms with Crippen LogP contribution >= 0.6 is 12.4 Å². The lowest BCUT2D eigenvalue weighted by Gasteiger charge is -2.38. The molecule has 0 spiro atoms. The summed E-state index contributed by atoms with van der Waals surface area (Å²) in [4.78, 5) is 13.3. The molecule has 19 heavy (non-hydrogen) atoms. The van der Waals surface area contributed by atoms with Crippen molar-refractivity contribution < 1.29 is 22.7 Å². The molecule has 1 aliphatic heterocycles. The lowest BCUT2D eigenvalue weighted by molar-refractivity contribution is -0.178. The number of rotatable bonds is 4. The Kier molecular flexibility index (Phi) is 7.69. The van der Waals surface area contributed by atoms with Gasteiger partial charge in [0.15, 0.2) is 0 Å². The summed E-state index contributed by atoms with van der Waals surface area (Å²) < 4.78 is 40.0. The summed E-state index contributed by atoms with van der Waals surface area (Å²) in [7, 11) is 0. The van der Waals surface area contributed by atoms with Crippen molar-refractivity contribution in [2.24, 2.45) is 5.73 Å². The molecule has 0 bridgehead atoms. The Morgan fingerprint density at radius 1 is 1.47 bits per heavy atom. The smallest absolute Gasteiger partial charge is 0.362 e. The number of hydrogen-bond acceptors (Lipinski definition) is 3. The van der Waals surface area contributed by atoms with Gasteiger partial charge in [-0.2, -0.15) is 13.2 Å². The van der Waals surface area contributed by atoms with Crippen molar-refractivity contribution in [3.63, 3.8) is 0 Å². The van der Waals surface area contributed by atoms with Gasteiger partial charge in [-0.15, -0.1) is 12.4 Å². The van der Waals surface area contributed by atoms with E-state index in [0.29, 0.717) is 6.54 Å². The molecule has 1 amide bonds. The van der Waals surface area contributed by atoms with Crippen LogP contribution < -0.4 is 5.73 Å². The summed E-state index contributed by atoms with van der Waals surface area (Å²) in [5.41, 5.74) is 5.78. The van der Waals surface area contributed by atoms with Gasteiger partial charge >= 0.3 is 6.18 Å². The first kappa shape index (κ1) is 18.5. The zero-order valence-corrected chi connectivity index (χ0v) is 11.6. The highest BCUT2D eigenvalue weighted by Crippen LogP contribution is 2.19. The maximum absolute atomic E-state index is 11.9. The first-order valence-electron chi connectivity index (χ1n) is 6.01. The SMILES string of the molecule is CC(N)C1CCCCN1C(=O)COCC(F)(F)F.Cl. The van der Waals surface area contributed by atoms with E-state index in [4.69, 9.17) is 5.73 Å². The average Bonchev–Trinajstić information content (AvgIpc) is 2.27. The fraction of sp³-hybridized carbons (Fsp3) is 0.909. The quantitative estimate of drug-likeness (QED) is 0.860. The number of alkyl halides is 3. The Morgan fingerprint density at radius 3 is 2.63 bits per heavy atom. The number of nitrogens with zero attached hydrogens (tertiary/aromatic N) is 1. The van der Waals surface area contributed by atoms with Crippen LogP contribution in [0, 0.1) is 0 Å². The largest absolute Gasteiger partial charge is 0.411 e. The van der Waals surface area contributed by atoms with Gasteiger partial charge in [-0.3, -0.25) is 4.79 Å². The van der Waals surface area contributed by atoms with Crippen LogP contribution in [0.15, 0.2) is 0 Å². The highest BCUT2D eigenvalue weighted by Gasteiger charge is 2.31. The van der Waals surface area contributed by atoms with E-state index in [9.17, 15) is 18.0 Å². The third-order valence-corrected chi connectivity index (χ3v) is 2.97. The molecular formula is C11H20ClF3N2O2. The molecule has 4 nitrogen and oxygen atoms in total. The minimum absolute atomic E-state index is 0. The standard InChI is InChI=1S/C11H19F3N2O2.ClH/c1-8(15)9-4-2-3-5-16(9)10(17)6-18-7-11(12,13)14;/h8-9H,2-7,15H2,1H3;1H. The van der Waals surface area contributed by atoms with Crippen LogP contribution in [0.1, 0.15) is 26.2 Å². The van der Waals surface area contributed by atoms with Crippen LogP contribution in [-0.2, 0) is 9.53 Å². The molecular weight excluding hydrogens is 285 g/mol. The van der Waals surface area contributed by atoms with Gasteiger partial charge in [0.1, 0.15) is 13.2 Å². The number of ether oxygens (including phenoxy) is 1. The molecule has 1 saturated heterocycles. The Hall–Kier alpha value is -0.530. The molecule has 1 heterocycles. The molecule has 0 aromatic rings. The molecule has 0 aliphatic carbocycles. The van der Waals surface area contributed by atoms with Gasteiger partial charge in [0, 0.05) is 18.6 Å². The van der Waals surface area contributed by atoms with Crippen molar-refractivity contribution in [2.75, 3.05) is 19.8 Å². The molecule has 2 atom stereocenters. The van der Waals surface area contributed by atoms with Crippen LogP contribution in [0.2, 0.25) is 0 Å². The Labute approximate surface area is 116 Å².